The lowest BCUT2D eigenvalue weighted by Crippen LogP contribution is -2.27. The number of carboxylic acid groups (broad SMARTS) is 1. The van der Waals surface area contributed by atoms with Crippen molar-refractivity contribution in [3.05, 3.63) is 36.0 Å². The van der Waals surface area contributed by atoms with Crippen LogP contribution in [0.25, 0.3) is 10.9 Å². The van der Waals surface area contributed by atoms with Crippen LogP contribution in [0.4, 0.5) is 8.78 Å². The molecule has 0 amide bonds. The van der Waals surface area contributed by atoms with Crippen LogP contribution >= 0.6 is 0 Å². The van der Waals surface area contributed by atoms with Crippen molar-refractivity contribution < 1.29 is 18.7 Å². The molecule has 1 saturated carbocycles. The molecule has 1 atom stereocenters. The molecule has 88 valence electrons. The van der Waals surface area contributed by atoms with Crippen molar-refractivity contribution in [3.63, 3.8) is 0 Å². The van der Waals surface area contributed by atoms with Crippen molar-refractivity contribution >= 4 is 16.9 Å². The first-order valence-electron chi connectivity index (χ1n) is 5.17. The first-order valence-corrected chi connectivity index (χ1v) is 5.17. The number of aromatic amines is 1. The average molecular weight is 237 g/mol. The molecule has 0 bridgehead atoms. The molecule has 1 fully saturated rings. The summed E-state index contributed by atoms with van der Waals surface area (Å²) in [4.78, 5) is 14.0. The summed E-state index contributed by atoms with van der Waals surface area (Å²) >= 11 is 0. The summed E-state index contributed by atoms with van der Waals surface area (Å²) in [5.41, 5.74) is -1.42. The largest absolute Gasteiger partial charge is 0.480 e. The van der Waals surface area contributed by atoms with Gasteiger partial charge in [-0.15, -0.1) is 0 Å². The van der Waals surface area contributed by atoms with Crippen LogP contribution in [0.3, 0.4) is 0 Å². The summed E-state index contributed by atoms with van der Waals surface area (Å²) in [5, 5.41) is 9.84. The number of halogens is 2. The van der Waals surface area contributed by atoms with Crippen LogP contribution in [0.1, 0.15) is 12.0 Å². The number of para-hydroxylation sites is 1. The van der Waals surface area contributed by atoms with Crippen molar-refractivity contribution in [2.75, 3.05) is 0 Å². The maximum Gasteiger partial charge on any atom is 0.320 e. The summed E-state index contributed by atoms with van der Waals surface area (Å²) in [5.74, 6) is -4.64. The summed E-state index contributed by atoms with van der Waals surface area (Å²) in [6.45, 7) is 0. The molecule has 0 radical (unpaired) electrons. The van der Waals surface area contributed by atoms with Gasteiger partial charge in [0.05, 0.1) is 0 Å². The molecule has 0 aliphatic heterocycles. The Balaban J connectivity index is 2.28. The second-order valence-electron chi connectivity index (χ2n) is 4.34. The minimum Gasteiger partial charge on any atom is -0.480 e. The first-order chi connectivity index (χ1) is 7.99. The van der Waals surface area contributed by atoms with Gasteiger partial charge in [0.15, 0.2) is 5.41 Å². The number of aromatic nitrogens is 1. The van der Waals surface area contributed by atoms with Gasteiger partial charge in [-0.2, -0.15) is 0 Å². The zero-order valence-electron chi connectivity index (χ0n) is 8.71. The summed E-state index contributed by atoms with van der Waals surface area (Å²) in [6.07, 6.45) is 0.984. The van der Waals surface area contributed by atoms with E-state index < -0.39 is 23.7 Å². The molecular weight excluding hydrogens is 228 g/mol. The standard InChI is InChI=1S/C12H9F2NO2/c13-12(14)6-11(12,10(16)17)8-3-1-2-7-4-5-15-9(7)8/h1-5,15H,6H2,(H,16,17). The van der Waals surface area contributed by atoms with E-state index in [0.29, 0.717) is 5.52 Å². The number of hydrogen-bond donors (Lipinski definition) is 2. The van der Waals surface area contributed by atoms with Gasteiger partial charge >= 0.3 is 5.97 Å². The lowest BCUT2D eigenvalue weighted by molar-refractivity contribution is -0.142. The predicted octanol–water partition coefficient (Wildman–Crippen LogP) is 2.53. The molecule has 1 aliphatic rings. The highest BCUT2D eigenvalue weighted by Gasteiger charge is 2.77. The van der Waals surface area contributed by atoms with Gasteiger partial charge < -0.3 is 10.1 Å². The van der Waals surface area contributed by atoms with Crippen molar-refractivity contribution in [1.29, 1.82) is 0 Å². The molecule has 1 aromatic heterocycles. The smallest absolute Gasteiger partial charge is 0.320 e. The Labute approximate surface area is 95.1 Å². The lowest BCUT2D eigenvalue weighted by atomic mass is 9.93. The Hall–Kier alpha value is -1.91. The Morgan fingerprint density at radius 3 is 2.65 bits per heavy atom. The number of alkyl halides is 2. The highest BCUT2D eigenvalue weighted by molar-refractivity contribution is 5.95. The van der Waals surface area contributed by atoms with E-state index in [0.717, 1.165) is 5.39 Å². The van der Waals surface area contributed by atoms with Crippen LogP contribution in [-0.2, 0) is 10.2 Å². The van der Waals surface area contributed by atoms with Gasteiger partial charge in [0.25, 0.3) is 5.92 Å². The third-order valence-corrected chi connectivity index (χ3v) is 3.40. The fourth-order valence-electron chi connectivity index (χ4n) is 2.37. The third kappa shape index (κ3) is 1.11. The van der Waals surface area contributed by atoms with Crippen LogP contribution in [0.15, 0.2) is 30.5 Å². The summed E-state index contributed by atoms with van der Waals surface area (Å²) in [6, 6.07) is 6.54. The zero-order valence-corrected chi connectivity index (χ0v) is 8.71. The van der Waals surface area contributed by atoms with Crippen molar-refractivity contribution in [1.82, 2.24) is 4.98 Å². The molecule has 1 aliphatic carbocycles. The van der Waals surface area contributed by atoms with E-state index in [2.05, 4.69) is 4.98 Å². The van der Waals surface area contributed by atoms with Crippen molar-refractivity contribution in [2.45, 2.75) is 17.8 Å². The van der Waals surface area contributed by atoms with Gasteiger partial charge in [0, 0.05) is 18.1 Å². The molecule has 17 heavy (non-hydrogen) atoms. The molecule has 1 heterocycles. The van der Waals surface area contributed by atoms with Crippen molar-refractivity contribution in [2.24, 2.45) is 0 Å². The fraction of sp³-hybridized carbons (Fsp3) is 0.250. The van der Waals surface area contributed by atoms with Gasteiger partial charge in [0.2, 0.25) is 0 Å². The number of rotatable bonds is 2. The normalized spacial score (nSPS) is 26.0. The van der Waals surface area contributed by atoms with Gasteiger partial charge in [-0.05, 0) is 17.0 Å². The van der Waals surface area contributed by atoms with Crippen LogP contribution in [0.5, 0.6) is 0 Å². The molecule has 1 aromatic carbocycles. The number of carbonyl (C=O) groups is 1. The van der Waals surface area contributed by atoms with E-state index in [1.807, 2.05) is 0 Å². The van der Waals surface area contributed by atoms with Crippen LogP contribution in [0.2, 0.25) is 0 Å². The van der Waals surface area contributed by atoms with E-state index in [1.165, 1.54) is 6.07 Å². The topological polar surface area (TPSA) is 53.1 Å². The highest BCUT2D eigenvalue weighted by atomic mass is 19.3. The third-order valence-electron chi connectivity index (χ3n) is 3.40. The second-order valence-corrected chi connectivity index (χ2v) is 4.34. The number of H-pyrrole nitrogens is 1. The van der Waals surface area contributed by atoms with Gasteiger partial charge in [0.1, 0.15) is 0 Å². The fourth-order valence-corrected chi connectivity index (χ4v) is 2.37. The monoisotopic (exact) mass is 237 g/mol. The van der Waals surface area contributed by atoms with Crippen molar-refractivity contribution in [3.8, 4) is 0 Å². The van der Waals surface area contributed by atoms with Gasteiger partial charge in [-0.1, -0.05) is 18.2 Å². The molecule has 3 nitrogen and oxygen atoms in total. The van der Waals surface area contributed by atoms with E-state index in [-0.39, 0.29) is 5.56 Å². The number of fused-ring (bicyclic) bond motifs is 1. The molecular formula is C12H9F2NO2. The quantitative estimate of drug-likeness (QED) is 0.843. The number of hydrogen-bond acceptors (Lipinski definition) is 1. The Kier molecular flexibility index (Phi) is 1.72. The van der Waals surface area contributed by atoms with Crippen LogP contribution in [-0.4, -0.2) is 22.0 Å². The van der Waals surface area contributed by atoms with E-state index in [1.54, 1.807) is 24.4 Å². The van der Waals surface area contributed by atoms with E-state index >= 15 is 0 Å². The zero-order chi connectivity index (χ0) is 12.3. The number of carboxylic acids is 1. The SMILES string of the molecule is O=C(O)C1(c2cccc3cc[nH]c23)CC1(F)F. The van der Waals surface area contributed by atoms with Crippen LogP contribution in [0, 0.1) is 0 Å². The summed E-state index contributed by atoms with van der Waals surface area (Å²) < 4.78 is 26.9. The van der Waals surface area contributed by atoms with Gasteiger partial charge in [-0.3, -0.25) is 4.79 Å². The van der Waals surface area contributed by atoms with Gasteiger partial charge in [-0.25, -0.2) is 8.78 Å². The number of nitrogens with one attached hydrogen (secondary N) is 1. The predicted molar refractivity (Wildman–Crippen MR) is 57.2 cm³/mol. The maximum absolute atomic E-state index is 13.4. The van der Waals surface area contributed by atoms with E-state index in [4.69, 9.17) is 5.11 Å². The number of aliphatic carboxylic acids is 1. The molecule has 5 heteroatoms. The summed E-state index contributed by atoms with van der Waals surface area (Å²) in [7, 11) is 0. The molecule has 2 aromatic rings. The molecule has 1 unspecified atom stereocenters. The Morgan fingerprint density at radius 1 is 1.35 bits per heavy atom. The van der Waals surface area contributed by atoms with E-state index in [9.17, 15) is 13.6 Å². The Bertz CT molecular complexity index is 620. The minimum atomic E-state index is -3.17. The lowest BCUT2D eigenvalue weighted by Gasteiger charge is -2.12. The maximum atomic E-state index is 13.4. The molecule has 0 spiro atoms. The molecule has 3 rings (SSSR count). The average Bonchev–Trinajstić information content (AvgIpc) is 2.67. The minimum absolute atomic E-state index is 0.164. The molecule has 2 N–H and O–H groups in total. The number of benzene rings is 1. The first kappa shape index (κ1) is 10.3. The second kappa shape index (κ2) is 2.85. The van der Waals surface area contributed by atoms with Crippen LogP contribution < -0.4 is 0 Å². The highest BCUT2D eigenvalue weighted by Crippen LogP contribution is 2.62. The Morgan fingerprint density at radius 2 is 2.06 bits per heavy atom. The molecule has 0 saturated heterocycles.